The fourth-order valence-corrected chi connectivity index (χ4v) is 2.32. The Kier molecular flexibility index (Phi) is 3.84. The lowest BCUT2D eigenvalue weighted by Crippen LogP contribution is -1.98. The summed E-state index contributed by atoms with van der Waals surface area (Å²) >= 11 is 4.85. The van der Waals surface area contributed by atoms with Gasteiger partial charge in [0.05, 0.1) is 12.7 Å². The Morgan fingerprint density at radius 3 is 2.69 bits per heavy atom. The minimum atomic E-state index is -2.57. The topological polar surface area (TPSA) is 22.1 Å². The fraction of sp³-hybridized carbons (Fsp3) is 0.286. The molecule has 0 radical (unpaired) electrons. The van der Waals surface area contributed by atoms with Crippen molar-refractivity contribution in [3.05, 3.63) is 19.9 Å². The van der Waals surface area contributed by atoms with Crippen molar-refractivity contribution < 1.29 is 13.5 Å². The van der Waals surface area contributed by atoms with Crippen molar-refractivity contribution in [2.75, 3.05) is 7.11 Å². The second-order valence-corrected chi connectivity index (χ2v) is 3.99. The second-order valence-electron chi connectivity index (χ2n) is 2.15. The molecule has 1 heterocycles. The summed E-state index contributed by atoms with van der Waals surface area (Å²) in [5, 5.41) is 0. The zero-order chi connectivity index (χ0) is 10.0. The molecule has 72 valence electrons. The predicted octanol–water partition coefficient (Wildman–Crippen LogP) is 3.39. The van der Waals surface area contributed by atoms with Crippen LogP contribution in [0.4, 0.5) is 8.78 Å². The van der Waals surface area contributed by atoms with E-state index in [9.17, 15) is 8.78 Å². The molecule has 0 fully saturated rings. The molecule has 0 N–H and O–H groups in total. The molecule has 0 spiro atoms. The van der Waals surface area contributed by atoms with Crippen LogP contribution in [0.2, 0.25) is 0 Å². The minimum Gasteiger partial charge on any atom is -0.496 e. The molecule has 0 aliphatic carbocycles. The molecule has 0 unspecified atom stereocenters. The maximum absolute atomic E-state index is 12.5. The Morgan fingerprint density at radius 1 is 1.62 bits per heavy atom. The number of rotatable bonds is 2. The Bertz CT molecular complexity index is 322. The quantitative estimate of drug-likeness (QED) is 0.593. The third-order valence-corrected chi connectivity index (χ3v) is 2.61. The van der Waals surface area contributed by atoms with Gasteiger partial charge in [-0.15, -0.1) is 0 Å². The summed E-state index contributed by atoms with van der Waals surface area (Å²) in [4.78, 5) is 3.85. The Morgan fingerprint density at radius 2 is 2.23 bits per heavy atom. The van der Waals surface area contributed by atoms with Gasteiger partial charge in [-0.3, -0.25) is 0 Å². The number of hydrogen-bond acceptors (Lipinski definition) is 2. The molecule has 0 amide bonds. The van der Waals surface area contributed by atoms with E-state index >= 15 is 0 Å². The van der Waals surface area contributed by atoms with Crippen LogP contribution in [0.5, 0.6) is 5.75 Å². The van der Waals surface area contributed by atoms with E-state index in [4.69, 9.17) is 4.74 Å². The lowest BCUT2D eigenvalue weighted by Gasteiger charge is -2.09. The number of methoxy groups -OCH3 is 1. The number of nitrogens with zero attached hydrogens (tertiary/aromatic N) is 1. The number of ether oxygens (including phenoxy) is 1. The highest BCUT2D eigenvalue weighted by molar-refractivity contribution is 14.1. The van der Waals surface area contributed by atoms with E-state index in [1.165, 1.54) is 13.2 Å². The molecule has 6 heteroatoms. The van der Waals surface area contributed by atoms with Crippen molar-refractivity contribution in [1.29, 1.82) is 0 Å². The van der Waals surface area contributed by atoms with Crippen LogP contribution in [0.15, 0.2) is 10.7 Å². The van der Waals surface area contributed by atoms with Gasteiger partial charge in [0.25, 0.3) is 6.43 Å². The first-order valence-electron chi connectivity index (χ1n) is 3.24. The smallest absolute Gasteiger partial charge is 0.269 e. The van der Waals surface area contributed by atoms with Crippen LogP contribution in [0.3, 0.4) is 0 Å². The van der Waals surface area contributed by atoms with Gasteiger partial charge in [0.1, 0.15) is 14.1 Å². The van der Waals surface area contributed by atoms with Crippen molar-refractivity contribution in [2.24, 2.45) is 0 Å². The van der Waals surface area contributed by atoms with Crippen LogP contribution in [0, 0.1) is 3.70 Å². The molecule has 0 aliphatic rings. The Balaban J connectivity index is 3.30. The normalized spacial score (nSPS) is 10.6. The van der Waals surface area contributed by atoms with Gasteiger partial charge >= 0.3 is 0 Å². The second kappa shape index (κ2) is 4.50. The SMILES string of the molecule is COc1cc(Br)nc(I)c1C(F)F. The molecule has 13 heavy (non-hydrogen) atoms. The van der Waals surface area contributed by atoms with Crippen LogP contribution >= 0.6 is 38.5 Å². The third kappa shape index (κ3) is 2.49. The average molecular weight is 364 g/mol. The number of aromatic nitrogens is 1. The highest BCUT2D eigenvalue weighted by atomic mass is 127. The van der Waals surface area contributed by atoms with E-state index in [1.807, 2.05) is 0 Å². The van der Waals surface area contributed by atoms with Gasteiger partial charge in [0, 0.05) is 6.07 Å². The fourth-order valence-electron chi connectivity index (χ4n) is 0.840. The van der Waals surface area contributed by atoms with Crippen molar-refractivity contribution >= 4 is 38.5 Å². The van der Waals surface area contributed by atoms with E-state index in [1.54, 1.807) is 22.6 Å². The maximum atomic E-state index is 12.5. The molecule has 0 bridgehead atoms. The third-order valence-electron chi connectivity index (χ3n) is 1.38. The van der Waals surface area contributed by atoms with E-state index < -0.39 is 6.43 Å². The first-order valence-corrected chi connectivity index (χ1v) is 5.11. The van der Waals surface area contributed by atoms with Crippen LogP contribution in [0.1, 0.15) is 12.0 Å². The number of pyridine rings is 1. The van der Waals surface area contributed by atoms with Gasteiger partial charge in [0.2, 0.25) is 0 Å². The maximum Gasteiger partial charge on any atom is 0.269 e. The highest BCUT2D eigenvalue weighted by Crippen LogP contribution is 2.33. The van der Waals surface area contributed by atoms with Gasteiger partial charge in [-0.2, -0.15) is 0 Å². The molecule has 1 aromatic rings. The number of halogens is 4. The standard InChI is InChI=1S/C7H5BrF2INO/c1-13-3-2-4(8)12-7(11)5(3)6(9)10/h2,6H,1H3. The Labute approximate surface area is 96.0 Å². The summed E-state index contributed by atoms with van der Waals surface area (Å²) < 4.78 is 30.5. The van der Waals surface area contributed by atoms with Crippen molar-refractivity contribution in [3.63, 3.8) is 0 Å². The lowest BCUT2D eigenvalue weighted by molar-refractivity contribution is 0.145. The van der Waals surface area contributed by atoms with Gasteiger partial charge in [-0.05, 0) is 38.5 Å². The highest BCUT2D eigenvalue weighted by Gasteiger charge is 2.19. The van der Waals surface area contributed by atoms with E-state index in [-0.39, 0.29) is 15.0 Å². The Hall–Kier alpha value is 0.0200. The lowest BCUT2D eigenvalue weighted by atomic mass is 10.3. The number of hydrogen-bond donors (Lipinski definition) is 0. The molecular weight excluding hydrogens is 359 g/mol. The molecule has 0 aliphatic heterocycles. The molecule has 0 saturated heterocycles. The van der Waals surface area contributed by atoms with Crippen LogP contribution in [-0.2, 0) is 0 Å². The van der Waals surface area contributed by atoms with E-state index in [2.05, 4.69) is 20.9 Å². The van der Waals surface area contributed by atoms with Crippen LogP contribution < -0.4 is 4.74 Å². The summed E-state index contributed by atoms with van der Waals surface area (Å²) in [5.74, 6) is 0.154. The first-order chi connectivity index (χ1) is 6.06. The molecule has 0 atom stereocenters. The van der Waals surface area contributed by atoms with Gasteiger partial charge in [-0.1, -0.05) is 0 Å². The van der Waals surface area contributed by atoms with Crippen LogP contribution in [0.25, 0.3) is 0 Å². The molecule has 0 aromatic carbocycles. The van der Waals surface area contributed by atoms with E-state index in [0.29, 0.717) is 4.60 Å². The van der Waals surface area contributed by atoms with E-state index in [0.717, 1.165) is 0 Å². The van der Waals surface area contributed by atoms with Crippen molar-refractivity contribution in [2.45, 2.75) is 6.43 Å². The zero-order valence-electron chi connectivity index (χ0n) is 6.52. The van der Waals surface area contributed by atoms with Crippen molar-refractivity contribution in [1.82, 2.24) is 4.98 Å². The summed E-state index contributed by atoms with van der Waals surface area (Å²) in [7, 11) is 1.35. The summed E-state index contributed by atoms with van der Waals surface area (Å²) in [6, 6.07) is 1.42. The van der Waals surface area contributed by atoms with Crippen molar-refractivity contribution in [3.8, 4) is 5.75 Å². The summed E-state index contributed by atoms with van der Waals surface area (Å²) in [5.41, 5.74) is -0.161. The minimum absolute atomic E-state index is 0.154. The predicted molar refractivity (Wildman–Crippen MR) is 56.2 cm³/mol. The largest absolute Gasteiger partial charge is 0.496 e. The molecular formula is C7H5BrF2INO. The molecule has 0 saturated carbocycles. The zero-order valence-corrected chi connectivity index (χ0v) is 10.3. The van der Waals surface area contributed by atoms with Gasteiger partial charge in [-0.25, -0.2) is 13.8 Å². The number of alkyl halides is 2. The monoisotopic (exact) mass is 363 g/mol. The summed E-state index contributed by atoms with van der Waals surface area (Å²) in [6.45, 7) is 0. The molecule has 2 nitrogen and oxygen atoms in total. The molecule has 1 rings (SSSR count). The molecule has 1 aromatic heterocycles. The van der Waals surface area contributed by atoms with Gasteiger partial charge < -0.3 is 4.74 Å². The summed E-state index contributed by atoms with van der Waals surface area (Å²) in [6.07, 6.45) is -2.57. The first kappa shape index (κ1) is 11.1. The van der Waals surface area contributed by atoms with Gasteiger partial charge in [0.15, 0.2) is 0 Å². The average Bonchev–Trinajstić information content (AvgIpc) is 2.01. The van der Waals surface area contributed by atoms with Crippen LogP contribution in [-0.4, -0.2) is 12.1 Å².